The molecule has 0 amide bonds. The van der Waals surface area contributed by atoms with Crippen molar-refractivity contribution in [3.63, 3.8) is 0 Å². The fourth-order valence-corrected chi connectivity index (χ4v) is 2.07. The summed E-state index contributed by atoms with van der Waals surface area (Å²) < 4.78 is 13.6. The van der Waals surface area contributed by atoms with Gasteiger partial charge in [0.2, 0.25) is 0 Å². The maximum atomic E-state index is 13.6. The van der Waals surface area contributed by atoms with E-state index in [-0.39, 0.29) is 24.3 Å². The van der Waals surface area contributed by atoms with E-state index in [4.69, 9.17) is 17.3 Å². The van der Waals surface area contributed by atoms with Gasteiger partial charge in [-0.3, -0.25) is 0 Å². The molecule has 0 saturated heterocycles. The third kappa shape index (κ3) is 4.46. The third-order valence-electron chi connectivity index (χ3n) is 2.81. The Morgan fingerprint density at radius 2 is 2.00 bits per heavy atom. The Labute approximate surface area is 114 Å². The van der Waals surface area contributed by atoms with Crippen LogP contribution in [0.4, 0.5) is 4.39 Å². The molecule has 0 bridgehead atoms. The normalized spacial score (nSPS) is 12.1. The van der Waals surface area contributed by atoms with Crippen molar-refractivity contribution < 1.29 is 4.39 Å². The summed E-state index contributed by atoms with van der Waals surface area (Å²) in [5.41, 5.74) is 7.33. The van der Waals surface area contributed by atoms with Crippen LogP contribution in [-0.4, -0.2) is 0 Å². The van der Waals surface area contributed by atoms with Crippen LogP contribution in [0.1, 0.15) is 49.8 Å². The molecule has 0 unspecified atom stereocenters. The standard InChI is InChI=1S/C13H19ClFN.ClH/c1-3-4-5-6-11(16)12-10(15)8-7-9(2)13(12)14;/h7-8,11H,3-6,16H2,1-2H3;1H/t11-;/m0./s1. The monoisotopic (exact) mass is 279 g/mol. The van der Waals surface area contributed by atoms with Gasteiger partial charge in [-0.2, -0.15) is 0 Å². The third-order valence-corrected chi connectivity index (χ3v) is 3.31. The minimum atomic E-state index is -0.293. The first-order chi connectivity index (χ1) is 7.57. The molecule has 0 aliphatic heterocycles. The van der Waals surface area contributed by atoms with E-state index in [9.17, 15) is 4.39 Å². The minimum absolute atomic E-state index is 0. The van der Waals surface area contributed by atoms with Crippen LogP contribution in [0.3, 0.4) is 0 Å². The number of halogens is 3. The smallest absolute Gasteiger partial charge is 0.129 e. The predicted molar refractivity (Wildman–Crippen MR) is 74.5 cm³/mol. The van der Waals surface area contributed by atoms with Crippen LogP contribution in [0.5, 0.6) is 0 Å². The van der Waals surface area contributed by atoms with Crippen LogP contribution in [0.2, 0.25) is 5.02 Å². The number of unbranched alkanes of at least 4 members (excludes halogenated alkanes) is 2. The lowest BCUT2D eigenvalue weighted by Gasteiger charge is -2.15. The first-order valence-electron chi connectivity index (χ1n) is 5.78. The van der Waals surface area contributed by atoms with Gasteiger partial charge in [0.05, 0.1) is 5.02 Å². The van der Waals surface area contributed by atoms with Gasteiger partial charge in [-0.25, -0.2) is 4.39 Å². The summed E-state index contributed by atoms with van der Waals surface area (Å²) in [7, 11) is 0. The zero-order chi connectivity index (χ0) is 12.1. The average molecular weight is 280 g/mol. The van der Waals surface area contributed by atoms with Crippen molar-refractivity contribution in [2.45, 2.75) is 45.6 Å². The molecule has 0 aromatic heterocycles. The van der Waals surface area contributed by atoms with E-state index in [2.05, 4.69) is 6.92 Å². The lowest BCUT2D eigenvalue weighted by molar-refractivity contribution is 0.538. The second-order valence-electron chi connectivity index (χ2n) is 4.19. The largest absolute Gasteiger partial charge is 0.324 e. The molecular formula is C13H20Cl2FN. The topological polar surface area (TPSA) is 26.0 Å². The molecule has 0 spiro atoms. The number of aryl methyl sites for hydroxylation is 1. The van der Waals surface area contributed by atoms with E-state index >= 15 is 0 Å². The average Bonchev–Trinajstić information content (AvgIpc) is 2.24. The molecule has 2 N–H and O–H groups in total. The molecule has 4 heteroatoms. The maximum Gasteiger partial charge on any atom is 0.129 e. The Morgan fingerprint density at radius 3 is 2.59 bits per heavy atom. The van der Waals surface area contributed by atoms with E-state index in [1.807, 2.05) is 6.92 Å². The molecule has 1 aromatic rings. The molecule has 17 heavy (non-hydrogen) atoms. The summed E-state index contributed by atoms with van der Waals surface area (Å²) in [6.45, 7) is 4.00. The van der Waals surface area contributed by atoms with Gasteiger partial charge in [0.15, 0.2) is 0 Å². The number of benzene rings is 1. The summed E-state index contributed by atoms with van der Waals surface area (Å²) in [5, 5.41) is 0.476. The van der Waals surface area contributed by atoms with Gasteiger partial charge in [-0.1, -0.05) is 43.9 Å². The highest BCUT2D eigenvalue weighted by molar-refractivity contribution is 6.32. The molecule has 0 radical (unpaired) electrons. The molecule has 98 valence electrons. The highest BCUT2D eigenvalue weighted by Crippen LogP contribution is 2.30. The fourth-order valence-electron chi connectivity index (χ4n) is 1.78. The van der Waals surface area contributed by atoms with Crippen molar-refractivity contribution in [3.8, 4) is 0 Å². The summed E-state index contributed by atoms with van der Waals surface area (Å²) in [4.78, 5) is 0. The van der Waals surface area contributed by atoms with Crippen LogP contribution in [0.15, 0.2) is 12.1 Å². The van der Waals surface area contributed by atoms with Crippen LogP contribution in [0.25, 0.3) is 0 Å². The van der Waals surface area contributed by atoms with Gasteiger partial charge in [0.1, 0.15) is 5.82 Å². The Balaban J connectivity index is 0.00000256. The van der Waals surface area contributed by atoms with E-state index in [0.29, 0.717) is 10.6 Å². The highest BCUT2D eigenvalue weighted by atomic mass is 35.5. The number of hydrogen-bond acceptors (Lipinski definition) is 1. The van der Waals surface area contributed by atoms with E-state index in [1.165, 1.54) is 6.07 Å². The van der Waals surface area contributed by atoms with Crippen molar-refractivity contribution in [3.05, 3.63) is 34.1 Å². The van der Waals surface area contributed by atoms with E-state index < -0.39 is 0 Å². The van der Waals surface area contributed by atoms with Gasteiger partial charge in [0, 0.05) is 11.6 Å². The zero-order valence-corrected chi connectivity index (χ0v) is 11.9. The fraction of sp³-hybridized carbons (Fsp3) is 0.538. The van der Waals surface area contributed by atoms with E-state index in [0.717, 1.165) is 31.2 Å². The molecule has 1 nitrogen and oxygen atoms in total. The van der Waals surface area contributed by atoms with E-state index in [1.54, 1.807) is 6.07 Å². The molecular weight excluding hydrogens is 260 g/mol. The number of nitrogens with two attached hydrogens (primary N) is 1. The molecule has 1 aromatic carbocycles. The van der Waals surface area contributed by atoms with Gasteiger partial charge in [0.25, 0.3) is 0 Å². The Kier molecular flexibility index (Phi) is 7.77. The Bertz CT molecular complexity index is 356. The first kappa shape index (κ1) is 16.7. The molecule has 0 fully saturated rings. The lowest BCUT2D eigenvalue weighted by atomic mass is 9.99. The van der Waals surface area contributed by atoms with Gasteiger partial charge in [-0.15, -0.1) is 12.4 Å². The van der Waals surface area contributed by atoms with Crippen LogP contribution < -0.4 is 5.73 Å². The van der Waals surface area contributed by atoms with Gasteiger partial charge >= 0.3 is 0 Å². The minimum Gasteiger partial charge on any atom is -0.324 e. The van der Waals surface area contributed by atoms with Crippen molar-refractivity contribution in [2.24, 2.45) is 5.73 Å². The summed E-state index contributed by atoms with van der Waals surface area (Å²) in [6, 6.07) is 2.83. The first-order valence-corrected chi connectivity index (χ1v) is 6.15. The van der Waals surface area contributed by atoms with Crippen molar-refractivity contribution in [1.82, 2.24) is 0 Å². The lowest BCUT2D eigenvalue weighted by Crippen LogP contribution is -2.13. The zero-order valence-electron chi connectivity index (χ0n) is 10.3. The number of rotatable bonds is 5. The van der Waals surface area contributed by atoms with Crippen molar-refractivity contribution >= 4 is 24.0 Å². The molecule has 0 aliphatic rings. The summed E-state index contributed by atoms with van der Waals surface area (Å²) in [6.07, 6.45) is 4.06. The summed E-state index contributed by atoms with van der Waals surface area (Å²) >= 11 is 6.09. The van der Waals surface area contributed by atoms with Gasteiger partial charge < -0.3 is 5.73 Å². The van der Waals surface area contributed by atoms with Crippen LogP contribution in [0, 0.1) is 12.7 Å². The number of hydrogen-bond donors (Lipinski definition) is 1. The molecule has 0 saturated carbocycles. The Morgan fingerprint density at radius 1 is 1.35 bits per heavy atom. The summed E-state index contributed by atoms with van der Waals surface area (Å²) in [5.74, 6) is -0.292. The molecule has 1 rings (SSSR count). The van der Waals surface area contributed by atoms with Crippen molar-refractivity contribution in [1.29, 1.82) is 0 Å². The van der Waals surface area contributed by atoms with Gasteiger partial charge in [-0.05, 0) is 25.0 Å². The SMILES string of the molecule is CCCCC[C@H](N)c1c(F)ccc(C)c1Cl.Cl. The maximum absolute atomic E-state index is 13.6. The highest BCUT2D eigenvalue weighted by Gasteiger charge is 2.16. The van der Waals surface area contributed by atoms with Crippen molar-refractivity contribution in [2.75, 3.05) is 0 Å². The molecule has 0 heterocycles. The second-order valence-corrected chi connectivity index (χ2v) is 4.57. The molecule has 1 atom stereocenters. The second kappa shape index (κ2) is 7.91. The Hall–Kier alpha value is -0.310. The quantitative estimate of drug-likeness (QED) is 0.771. The predicted octanol–water partition coefficient (Wildman–Crippen LogP) is 4.79. The van der Waals surface area contributed by atoms with Crippen LogP contribution in [-0.2, 0) is 0 Å². The molecule has 0 aliphatic carbocycles. The van der Waals surface area contributed by atoms with Crippen LogP contribution >= 0.6 is 24.0 Å².